The van der Waals surface area contributed by atoms with Gasteiger partial charge in [0.25, 0.3) is 0 Å². The summed E-state index contributed by atoms with van der Waals surface area (Å²) < 4.78 is 40.0. The number of amides is 1. The number of aliphatic imine (C=N–C) groups is 1. The van der Waals surface area contributed by atoms with Crippen molar-refractivity contribution in [2.45, 2.75) is 13.1 Å². The SMILES string of the molecule is C=CCN(CC=C)C1=CC(N)N(OS(=O)(=O)O)C(NC(=O)OCC)=N1. The van der Waals surface area contributed by atoms with E-state index in [-0.39, 0.29) is 12.6 Å². The molecule has 1 rings (SSSR count). The zero-order valence-electron chi connectivity index (χ0n) is 13.7. The number of guanidine groups is 1. The zero-order valence-corrected chi connectivity index (χ0v) is 14.5. The Morgan fingerprint density at radius 2 is 2.12 bits per heavy atom. The third kappa shape index (κ3) is 6.54. The second-order valence-electron chi connectivity index (χ2n) is 4.61. The van der Waals surface area contributed by atoms with Gasteiger partial charge in [-0.05, 0) is 13.0 Å². The van der Waals surface area contributed by atoms with E-state index in [9.17, 15) is 13.2 Å². The van der Waals surface area contributed by atoms with E-state index < -0.39 is 22.7 Å². The van der Waals surface area contributed by atoms with E-state index in [0.717, 1.165) is 0 Å². The largest absolute Gasteiger partial charge is 0.450 e. The fourth-order valence-electron chi connectivity index (χ4n) is 1.83. The number of hydrogen-bond donors (Lipinski definition) is 3. The Hall–Kier alpha value is -2.41. The van der Waals surface area contributed by atoms with Crippen molar-refractivity contribution in [1.29, 1.82) is 0 Å². The van der Waals surface area contributed by atoms with E-state index in [0.29, 0.717) is 24.0 Å². The number of hydroxylamine groups is 2. The monoisotopic (exact) mass is 375 g/mol. The smallest absolute Gasteiger partial charge is 0.418 e. The van der Waals surface area contributed by atoms with Crippen LogP contribution in [0.25, 0.3) is 0 Å². The Morgan fingerprint density at radius 1 is 1.52 bits per heavy atom. The molecule has 1 heterocycles. The van der Waals surface area contributed by atoms with Crippen LogP contribution in [-0.4, -0.2) is 60.8 Å². The number of nitrogens with two attached hydrogens (primary N) is 1. The third-order valence-corrected chi connectivity index (χ3v) is 3.06. The lowest BCUT2D eigenvalue weighted by Crippen LogP contribution is -2.54. The normalized spacial score (nSPS) is 17.2. The topological polar surface area (TPSA) is 147 Å². The van der Waals surface area contributed by atoms with Crippen LogP contribution in [0.1, 0.15) is 6.92 Å². The van der Waals surface area contributed by atoms with Crippen LogP contribution in [0.15, 0.2) is 42.2 Å². The molecule has 0 fully saturated rings. The van der Waals surface area contributed by atoms with Crippen LogP contribution in [-0.2, 0) is 19.4 Å². The molecule has 1 amide bonds. The van der Waals surface area contributed by atoms with Gasteiger partial charge in [-0.2, -0.15) is 18.5 Å². The van der Waals surface area contributed by atoms with E-state index in [2.05, 4.69) is 27.8 Å². The molecular weight excluding hydrogens is 354 g/mol. The summed E-state index contributed by atoms with van der Waals surface area (Å²) in [4.78, 5) is 17.4. The Labute approximate surface area is 146 Å². The molecule has 1 unspecified atom stereocenters. The summed E-state index contributed by atoms with van der Waals surface area (Å²) in [5, 5.41) is 2.73. The van der Waals surface area contributed by atoms with Crippen molar-refractivity contribution in [3.63, 3.8) is 0 Å². The van der Waals surface area contributed by atoms with Crippen LogP contribution in [0.4, 0.5) is 4.79 Å². The van der Waals surface area contributed by atoms with Gasteiger partial charge in [-0.15, -0.1) is 17.4 Å². The number of rotatable bonds is 8. The Bertz CT molecular complexity index is 664. The highest BCUT2D eigenvalue weighted by atomic mass is 32.3. The first kappa shape index (κ1) is 20.6. The molecule has 140 valence electrons. The predicted octanol–water partition coefficient (Wildman–Crippen LogP) is -0.0613. The molecular formula is C13H21N5O6S. The molecule has 0 aliphatic carbocycles. The van der Waals surface area contributed by atoms with Crippen molar-refractivity contribution in [3.8, 4) is 0 Å². The van der Waals surface area contributed by atoms with Crippen molar-refractivity contribution in [1.82, 2.24) is 15.3 Å². The van der Waals surface area contributed by atoms with Crippen LogP contribution in [0.2, 0.25) is 0 Å². The molecule has 1 atom stereocenters. The van der Waals surface area contributed by atoms with E-state index in [1.165, 1.54) is 6.08 Å². The van der Waals surface area contributed by atoms with Crippen molar-refractivity contribution in [3.05, 3.63) is 37.2 Å². The maximum Gasteiger partial charge on any atom is 0.418 e. The van der Waals surface area contributed by atoms with Gasteiger partial charge in [0, 0.05) is 13.1 Å². The molecule has 1 aliphatic heterocycles. The number of alkyl carbamates (subject to hydrolysis) is 1. The van der Waals surface area contributed by atoms with E-state index in [4.69, 9.17) is 15.0 Å². The summed E-state index contributed by atoms with van der Waals surface area (Å²) in [6, 6.07) is 0. The summed E-state index contributed by atoms with van der Waals surface area (Å²) in [7, 11) is -4.90. The van der Waals surface area contributed by atoms with Gasteiger partial charge < -0.3 is 15.4 Å². The minimum atomic E-state index is -4.90. The zero-order chi connectivity index (χ0) is 19.0. The van der Waals surface area contributed by atoms with E-state index >= 15 is 0 Å². The number of nitrogens with one attached hydrogen (secondary N) is 1. The van der Waals surface area contributed by atoms with Crippen molar-refractivity contribution < 1.29 is 26.8 Å². The molecule has 0 bridgehead atoms. The molecule has 0 radical (unpaired) electrons. The highest BCUT2D eigenvalue weighted by Gasteiger charge is 2.31. The average Bonchev–Trinajstić information content (AvgIpc) is 2.49. The summed E-state index contributed by atoms with van der Waals surface area (Å²) in [5.74, 6) is -0.0616. The van der Waals surface area contributed by atoms with Gasteiger partial charge >= 0.3 is 16.5 Å². The minimum absolute atomic E-state index is 0.0755. The Balaban J connectivity index is 3.19. The van der Waals surface area contributed by atoms with E-state index in [1.54, 1.807) is 24.0 Å². The molecule has 1 aliphatic rings. The molecule has 11 nitrogen and oxygen atoms in total. The first-order valence-electron chi connectivity index (χ1n) is 7.14. The summed E-state index contributed by atoms with van der Waals surface area (Å²) >= 11 is 0. The second kappa shape index (κ2) is 9.17. The fourth-order valence-corrected chi connectivity index (χ4v) is 2.21. The second-order valence-corrected chi connectivity index (χ2v) is 5.61. The average molecular weight is 375 g/mol. The Kier molecular flexibility index (Phi) is 7.57. The van der Waals surface area contributed by atoms with Gasteiger partial charge in [-0.25, -0.2) is 4.79 Å². The number of ether oxygens (including phenoxy) is 1. The molecule has 0 spiro atoms. The number of carbonyl (C=O) groups is 1. The molecule has 25 heavy (non-hydrogen) atoms. The van der Waals surface area contributed by atoms with Gasteiger partial charge in [0.15, 0.2) is 0 Å². The van der Waals surface area contributed by atoms with Crippen LogP contribution in [0.5, 0.6) is 0 Å². The summed E-state index contributed by atoms with van der Waals surface area (Å²) in [6.07, 6.45) is 2.52. The van der Waals surface area contributed by atoms with Crippen LogP contribution in [0, 0.1) is 0 Å². The maximum atomic E-state index is 11.6. The highest BCUT2D eigenvalue weighted by Crippen LogP contribution is 2.16. The first-order valence-corrected chi connectivity index (χ1v) is 8.51. The lowest BCUT2D eigenvalue weighted by Gasteiger charge is -2.33. The minimum Gasteiger partial charge on any atom is -0.450 e. The quantitative estimate of drug-likeness (QED) is 0.392. The van der Waals surface area contributed by atoms with Crippen molar-refractivity contribution >= 4 is 22.5 Å². The molecule has 0 saturated heterocycles. The molecule has 0 aromatic carbocycles. The van der Waals surface area contributed by atoms with Gasteiger partial charge in [0.2, 0.25) is 5.96 Å². The third-order valence-electron chi connectivity index (χ3n) is 2.71. The lowest BCUT2D eigenvalue weighted by molar-refractivity contribution is -0.0157. The fraction of sp³-hybridized carbons (Fsp3) is 0.385. The van der Waals surface area contributed by atoms with Crippen molar-refractivity contribution in [2.75, 3.05) is 19.7 Å². The van der Waals surface area contributed by atoms with Gasteiger partial charge in [-0.3, -0.25) is 9.87 Å². The number of hydrogen-bond acceptors (Lipinski definition) is 9. The molecule has 0 aromatic rings. The predicted molar refractivity (Wildman–Crippen MR) is 90.1 cm³/mol. The van der Waals surface area contributed by atoms with E-state index in [1.807, 2.05) is 0 Å². The standard InChI is InChI=1S/C13H21N5O6S/c1-4-7-17(8-5-2)11-9-10(14)18(24-25(20,21)22)12(15-11)16-13(19)23-6-3/h4-5,9-10H,1-2,6-8,14H2,3H3,(H,15,16,19)(H,20,21,22). The highest BCUT2D eigenvalue weighted by molar-refractivity contribution is 7.80. The lowest BCUT2D eigenvalue weighted by atomic mass is 10.3. The maximum absolute atomic E-state index is 11.6. The van der Waals surface area contributed by atoms with Crippen LogP contribution in [0.3, 0.4) is 0 Å². The molecule has 12 heteroatoms. The van der Waals surface area contributed by atoms with Gasteiger partial charge in [-0.1, -0.05) is 12.2 Å². The molecule has 4 N–H and O–H groups in total. The van der Waals surface area contributed by atoms with Gasteiger partial charge in [0.05, 0.1) is 6.61 Å². The van der Waals surface area contributed by atoms with Gasteiger partial charge in [0.1, 0.15) is 12.0 Å². The van der Waals surface area contributed by atoms with Crippen molar-refractivity contribution in [2.24, 2.45) is 10.7 Å². The Morgan fingerprint density at radius 3 is 2.60 bits per heavy atom. The summed E-state index contributed by atoms with van der Waals surface area (Å²) in [5.41, 5.74) is 5.84. The molecule has 0 aromatic heterocycles. The number of nitrogens with zero attached hydrogens (tertiary/aromatic N) is 3. The van der Waals surface area contributed by atoms with Crippen LogP contribution >= 0.6 is 0 Å². The van der Waals surface area contributed by atoms with Crippen LogP contribution < -0.4 is 11.1 Å². The summed E-state index contributed by atoms with van der Waals surface area (Å²) in [6.45, 7) is 9.70. The first-order chi connectivity index (χ1) is 11.7. The number of carbonyl (C=O) groups excluding carboxylic acids is 1. The molecule has 0 saturated carbocycles.